The minimum Gasteiger partial charge on any atom is -0.444 e. The molecule has 0 aliphatic carbocycles. The van der Waals surface area contributed by atoms with Crippen LogP contribution < -0.4 is 10.6 Å². The van der Waals surface area contributed by atoms with Crippen molar-refractivity contribution in [2.45, 2.75) is 98.9 Å². The van der Waals surface area contributed by atoms with Crippen LogP contribution in [0.4, 0.5) is 10.5 Å². The van der Waals surface area contributed by atoms with Crippen LogP contribution in [0.1, 0.15) is 81.3 Å². The van der Waals surface area contributed by atoms with Crippen LogP contribution in [0.2, 0.25) is 0 Å². The molecule has 8 heteroatoms. The summed E-state index contributed by atoms with van der Waals surface area (Å²) in [5.74, 6) is 0.0565. The van der Waals surface area contributed by atoms with Crippen molar-refractivity contribution in [3.8, 4) is 0 Å². The molecule has 2 N–H and O–H groups in total. The fraction of sp³-hybridized carbons (Fsp3) is 0.531. The highest BCUT2D eigenvalue weighted by molar-refractivity contribution is 7.98. The molecular weight excluding hydrogens is 522 g/mol. The second-order valence-corrected chi connectivity index (χ2v) is 12.4. The average Bonchev–Trinajstić information content (AvgIpc) is 2.87. The molecule has 0 radical (unpaired) electrons. The van der Waals surface area contributed by atoms with Crippen LogP contribution in [0.5, 0.6) is 0 Å². The number of nitrogens with zero attached hydrogens (tertiary/aromatic N) is 1. The van der Waals surface area contributed by atoms with Gasteiger partial charge in [0.05, 0.1) is 0 Å². The Labute approximate surface area is 244 Å². The van der Waals surface area contributed by atoms with Crippen LogP contribution in [0.15, 0.2) is 36.4 Å². The summed E-state index contributed by atoms with van der Waals surface area (Å²) in [7, 11) is 0. The van der Waals surface area contributed by atoms with Crippen LogP contribution >= 0.6 is 11.8 Å². The molecule has 0 fully saturated rings. The number of para-hydroxylation sites is 1. The number of hydrogen-bond donors (Lipinski definition) is 2. The van der Waals surface area contributed by atoms with Gasteiger partial charge in [-0.05, 0) is 108 Å². The molecule has 0 aliphatic heterocycles. The van der Waals surface area contributed by atoms with Gasteiger partial charge in [-0.3, -0.25) is 9.59 Å². The fourth-order valence-corrected chi connectivity index (χ4v) is 5.08. The summed E-state index contributed by atoms with van der Waals surface area (Å²) in [5, 5.41) is 5.95. The van der Waals surface area contributed by atoms with Crippen LogP contribution in [0.3, 0.4) is 0 Å². The predicted molar refractivity (Wildman–Crippen MR) is 166 cm³/mol. The highest BCUT2D eigenvalue weighted by Crippen LogP contribution is 2.32. The molecule has 0 saturated heterocycles. The third kappa shape index (κ3) is 8.75. The lowest BCUT2D eigenvalue weighted by molar-refractivity contribution is -0.143. The zero-order chi connectivity index (χ0) is 30.2. The molecule has 0 aliphatic rings. The smallest absolute Gasteiger partial charge is 0.408 e. The number of thioether (sulfide) groups is 1. The Morgan fingerprint density at radius 1 is 0.975 bits per heavy atom. The first-order chi connectivity index (χ1) is 18.7. The fourth-order valence-electron chi connectivity index (χ4n) is 4.61. The van der Waals surface area contributed by atoms with Crippen molar-refractivity contribution in [2.75, 3.05) is 17.3 Å². The number of nitrogens with one attached hydrogen (secondary N) is 2. The topological polar surface area (TPSA) is 87.7 Å². The van der Waals surface area contributed by atoms with Gasteiger partial charge in [-0.1, -0.05) is 43.3 Å². The monoisotopic (exact) mass is 569 g/mol. The van der Waals surface area contributed by atoms with Crippen LogP contribution in [-0.2, 0) is 14.3 Å². The Kier molecular flexibility index (Phi) is 12.1. The van der Waals surface area contributed by atoms with E-state index in [1.54, 1.807) is 37.4 Å². The molecule has 3 amide bonds. The first-order valence-corrected chi connectivity index (χ1v) is 15.3. The Morgan fingerprint density at radius 3 is 2.10 bits per heavy atom. The minimum absolute atomic E-state index is 0.279. The van der Waals surface area contributed by atoms with E-state index in [4.69, 9.17) is 4.74 Å². The summed E-state index contributed by atoms with van der Waals surface area (Å²) in [6.07, 6.45) is 2.34. The van der Waals surface area contributed by atoms with Gasteiger partial charge >= 0.3 is 6.09 Å². The molecule has 0 spiro atoms. The Bertz CT molecular complexity index is 1170. The lowest BCUT2D eigenvalue weighted by atomic mass is 9.93. The zero-order valence-electron chi connectivity index (χ0n) is 25.8. The van der Waals surface area contributed by atoms with E-state index in [2.05, 4.69) is 10.6 Å². The van der Waals surface area contributed by atoms with Gasteiger partial charge in [-0.25, -0.2) is 4.79 Å². The van der Waals surface area contributed by atoms with Crippen LogP contribution in [0, 0.1) is 27.7 Å². The summed E-state index contributed by atoms with van der Waals surface area (Å²) in [6.45, 7) is 17.2. The lowest BCUT2D eigenvalue weighted by Crippen LogP contribution is -2.55. The summed E-state index contributed by atoms with van der Waals surface area (Å²) < 4.78 is 5.49. The van der Waals surface area contributed by atoms with E-state index in [0.29, 0.717) is 18.6 Å². The van der Waals surface area contributed by atoms with Crippen LogP contribution in [0.25, 0.3) is 0 Å². The molecule has 2 aromatic carbocycles. The van der Waals surface area contributed by atoms with Crippen molar-refractivity contribution in [3.05, 3.63) is 64.2 Å². The second kappa shape index (κ2) is 14.6. The predicted octanol–water partition coefficient (Wildman–Crippen LogP) is 6.87. The van der Waals surface area contributed by atoms with Crippen LogP contribution in [-0.4, -0.2) is 52.5 Å². The summed E-state index contributed by atoms with van der Waals surface area (Å²) in [4.78, 5) is 43.1. The standard InChI is InChI=1S/C32H47N3O4S/c1-11-23(5)35(30(37)26(18-19-40-10)33-31(38)39-32(7,8)9)28(25-17-13-14-20(2)24(25)6)29(36)34-27-21(3)15-12-16-22(27)4/h12-17,23,26,28H,11,18-19H2,1-10H3,(H,33,38)(H,34,36). The Balaban J connectivity index is 2.65. The molecule has 0 saturated carbocycles. The highest BCUT2D eigenvalue weighted by Gasteiger charge is 2.39. The van der Waals surface area contributed by atoms with Gasteiger partial charge < -0.3 is 20.3 Å². The molecule has 3 unspecified atom stereocenters. The largest absolute Gasteiger partial charge is 0.444 e. The quantitative estimate of drug-likeness (QED) is 0.308. The zero-order valence-corrected chi connectivity index (χ0v) is 26.6. The maximum absolute atomic E-state index is 14.4. The molecule has 3 atom stereocenters. The third-order valence-electron chi connectivity index (χ3n) is 7.12. The number of anilines is 1. The average molecular weight is 570 g/mol. The van der Waals surface area contributed by atoms with Crippen molar-refractivity contribution < 1.29 is 19.1 Å². The number of carbonyl (C=O) groups is 3. The number of ether oxygens (including phenoxy) is 1. The summed E-state index contributed by atoms with van der Waals surface area (Å²) in [5.41, 5.74) is 4.66. The van der Waals surface area contributed by atoms with Gasteiger partial charge in [0.15, 0.2) is 0 Å². The van der Waals surface area contributed by atoms with Crippen molar-refractivity contribution in [2.24, 2.45) is 0 Å². The van der Waals surface area contributed by atoms with Gasteiger partial charge in [-0.2, -0.15) is 11.8 Å². The van der Waals surface area contributed by atoms with E-state index in [-0.39, 0.29) is 17.9 Å². The number of alkyl carbamates (subject to hydrolysis) is 1. The van der Waals surface area contributed by atoms with Gasteiger partial charge in [-0.15, -0.1) is 0 Å². The normalized spacial score (nSPS) is 13.7. The molecule has 0 heterocycles. The van der Waals surface area contributed by atoms with E-state index in [1.807, 2.05) is 84.2 Å². The molecule has 0 bridgehead atoms. The molecule has 2 aromatic rings. The molecule has 2 rings (SSSR count). The molecule has 40 heavy (non-hydrogen) atoms. The SMILES string of the molecule is CCC(C)N(C(=O)C(CCSC)NC(=O)OC(C)(C)C)C(C(=O)Nc1c(C)cccc1C)c1cccc(C)c1C. The third-order valence-corrected chi connectivity index (χ3v) is 7.76. The van der Waals surface area contributed by atoms with Crippen molar-refractivity contribution >= 4 is 35.4 Å². The number of benzene rings is 2. The van der Waals surface area contributed by atoms with E-state index >= 15 is 0 Å². The highest BCUT2D eigenvalue weighted by atomic mass is 32.2. The Morgan fingerprint density at radius 2 is 1.55 bits per heavy atom. The number of aryl methyl sites for hydroxylation is 3. The number of carbonyl (C=O) groups excluding carboxylic acids is 3. The lowest BCUT2D eigenvalue weighted by Gasteiger charge is -2.39. The van der Waals surface area contributed by atoms with Crippen molar-refractivity contribution in [1.29, 1.82) is 0 Å². The first-order valence-electron chi connectivity index (χ1n) is 14.0. The van der Waals surface area contributed by atoms with E-state index in [0.717, 1.165) is 33.5 Å². The molecule has 0 aromatic heterocycles. The van der Waals surface area contributed by atoms with Gasteiger partial charge in [0.25, 0.3) is 5.91 Å². The van der Waals surface area contributed by atoms with E-state index in [9.17, 15) is 14.4 Å². The molecule has 220 valence electrons. The van der Waals surface area contributed by atoms with Crippen molar-refractivity contribution in [1.82, 2.24) is 10.2 Å². The summed E-state index contributed by atoms with van der Waals surface area (Å²) in [6, 6.07) is 9.66. The first kappa shape index (κ1) is 33.2. The van der Waals surface area contributed by atoms with E-state index in [1.165, 1.54) is 0 Å². The number of rotatable bonds is 11. The number of amides is 3. The Hall–Kier alpha value is -3.00. The maximum Gasteiger partial charge on any atom is 0.408 e. The maximum atomic E-state index is 14.4. The number of hydrogen-bond acceptors (Lipinski definition) is 5. The second-order valence-electron chi connectivity index (χ2n) is 11.4. The molecule has 7 nitrogen and oxygen atoms in total. The van der Waals surface area contributed by atoms with Gasteiger partial charge in [0.1, 0.15) is 17.7 Å². The van der Waals surface area contributed by atoms with Crippen molar-refractivity contribution in [3.63, 3.8) is 0 Å². The minimum atomic E-state index is -0.904. The van der Waals surface area contributed by atoms with E-state index < -0.39 is 23.8 Å². The van der Waals surface area contributed by atoms with Gasteiger partial charge in [0, 0.05) is 11.7 Å². The summed E-state index contributed by atoms with van der Waals surface area (Å²) >= 11 is 1.59. The van der Waals surface area contributed by atoms with Gasteiger partial charge in [0.2, 0.25) is 5.91 Å². The molecular formula is C32H47N3O4S.